The van der Waals surface area contributed by atoms with Crippen LogP contribution in [0.2, 0.25) is 0 Å². The molecule has 0 aromatic heterocycles. The van der Waals surface area contributed by atoms with Crippen molar-refractivity contribution in [2.24, 2.45) is 5.92 Å². The zero-order valence-corrected chi connectivity index (χ0v) is 12.5. The minimum Gasteiger partial charge on any atom is -0.481 e. The molecule has 114 valence electrons. The molecule has 0 saturated carbocycles. The molecular formula is C17H23NO3. The number of aliphatic carboxylic acids is 1. The average Bonchev–Trinajstić information content (AvgIpc) is 2.50. The largest absolute Gasteiger partial charge is 0.481 e. The number of carboxylic acids is 1. The molecule has 21 heavy (non-hydrogen) atoms. The van der Waals surface area contributed by atoms with Crippen LogP contribution in [0.1, 0.15) is 54.1 Å². The summed E-state index contributed by atoms with van der Waals surface area (Å²) in [7, 11) is 0. The third-order valence-electron chi connectivity index (χ3n) is 4.07. The van der Waals surface area contributed by atoms with E-state index in [4.69, 9.17) is 5.11 Å². The van der Waals surface area contributed by atoms with Gasteiger partial charge in [0.05, 0.1) is 0 Å². The summed E-state index contributed by atoms with van der Waals surface area (Å²) in [6.07, 6.45) is 5.34. The molecule has 0 fully saturated rings. The Labute approximate surface area is 125 Å². The summed E-state index contributed by atoms with van der Waals surface area (Å²) in [5, 5.41) is 11.5. The number of carbonyl (C=O) groups is 2. The van der Waals surface area contributed by atoms with Gasteiger partial charge in [0.15, 0.2) is 0 Å². The molecule has 4 nitrogen and oxygen atoms in total. The van der Waals surface area contributed by atoms with Crippen molar-refractivity contribution in [1.82, 2.24) is 5.32 Å². The number of amides is 1. The van der Waals surface area contributed by atoms with E-state index in [0.717, 1.165) is 12.8 Å². The van der Waals surface area contributed by atoms with E-state index in [0.29, 0.717) is 18.5 Å². The van der Waals surface area contributed by atoms with Gasteiger partial charge in [-0.1, -0.05) is 13.0 Å². The second-order valence-electron chi connectivity index (χ2n) is 5.94. The third kappa shape index (κ3) is 4.59. The summed E-state index contributed by atoms with van der Waals surface area (Å²) in [6.45, 7) is 2.47. The fourth-order valence-corrected chi connectivity index (χ4v) is 2.72. The van der Waals surface area contributed by atoms with Crippen molar-refractivity contribution in [2.75, 3.05) is 6.54 Å². The van der Waals surface area contributed by atoms with E-state index in [1.165, 1.54) is 24.0 Å². The number of benzene rings is 1. The lowest BCUT2D eigenvalue weighted by molar-refractivity contribution is -0.137. The van der Waals surface area contributed by atoms with Crippen LogP contribution in [0.15, 0.2) is 18.2 Å². The quantitative estimate of drug-likeness (QED) is 0.846. The number of nitrogens with one attached hydrogen (secondary N) is 1. The molecule has 2 rings (SSSR count). The maximum Gasteiger partial charge on any atom is 0.303 e. The molecule has 1 aromatic rings. The molecule has 0 radical (unpaired) electrons. The van der Waals surface area contributed by atoms with E-state index in [1.54, 1.807) is 0 Å². The van der Waals surface area contributed by atoms with Gasteiger partial charge < -0.3 is 10.4 Å². The van der Waals surface area contributed by atoms with Crippen LogP contribution in [0.25, 0.3) is 0 Å². The molecule has 4 heteroatoms. The molecule has 0 bridgehead atoms. The predicted octanol–water partition coefficient (Wildman–Crippen LogP) is 2.80. The summed E-state index contributed by atoms with van der Waals surface area (Å²) in [4.78, 5) is 22.7. The first-order chi connectivity index (χ1) is 10.1. The van der Waals surface area contributed by atoms with E-state index in [-0.39, 0.29) is 18.2 Å². The normalized spacial score (nSPS) is 15.1. The lowest BCUT2D eigenvalue weighted by atomic mass is 9.90. The number of hydrogen-bond acceptors (Lipinski definition) is 2. The Morgan fingerprint density at radius 3 is 2.67 bits per heavy atom. The smallest absolute Gasteiger partial charge is 0.303 e. The van der Waals surface area contributed by atoms with Crippen LogP contribution in [-0.2, 0) is 17.6 Å². The fraction of sp³-hybridized carbons (Fsp3) is 0.529. The summed E-state index contributed by atoms with van der Waals surface area (Å²) in [5.41, 5.74) is 3.38. The molecule has 1 unspecified atom stereocenters. The zero-order chi connectivity index (χ0) is 15.2. The second-order valence-corrected chi connectivity index (χ2v) is 5.94. The lowest BCUT2D eigenvalue weighted by Crippen LogP contribution is -2.28. The van der Waals surface area contributed by atoms with Gasteiger partial charge in [-0.3, -0.25) is 9.59 Å². The summed E-state index contributed by atoms with van der Waals surface area (Å²) < 4.78 is 0. The number of fused-ring (bicyclic) bond motifs is 1. The maximum absolute atomic E-state index is 12.1. The molecule has 0 aliphatic heterocycles. The molecule has 0 saturated heterocycles. The topological polar surface area (TPSA) is 66.4 Å². The molecule has 0 spiro atoms. The number of carboxylic acid groups (broad SMARTS) is 1. The maximum atomic E-state index is 12.1. The highest BCUT2D eigenvalue weighted by Crippen LogP contribution is 2.22. The van der Waals surface area contributed by atoms with Gasteiger partial charge in [0, 0.05) is 18.5 Å². The van der Waals surface area contributed by atoms with Gasteiger partial charge in [0.2, 0.25) is 0 Å². The molecule has 0 heterocycles. The van der Waals surface area contributed by atoms with E-state index in [9.17, 15) is 9.59 Å². The fourth-order valence-electron chi connectivity index (χ4n) is 2.72. The molecular weight excluding hydrogens is 266 g/mol. The van der Waals surface area contributed by atoms with Gasteiger partial charge in [0.25, 0.3) is 5.91 Å². The Morgan fingerprint density at radius 1 is 1.24 bits per heavy atom. The summed E-state index contributed by atoms with van der Waals surface area (Å²) in [6, 6.07) is 5.96. The Hall–Kier alpha value is -1.84. The number of rotatable bonds is 6. The number of hydrogen-bond donors (Lipinski definition) is 2. The van der Waals surface area contributed by atoms with Crippen LogP contribution >= 0.6 is 0 Å². The van der Waals surface area contributed by atoms with Crippen molar-refractivity contribution >= 4 is 11.9 Å². The van der Waals surface area contributed by atoms with Crippen molar-refractivity contribution in [3.8, 4) is 0 Å². The first-order valence-corrected chi connectivity index (χ1v) is 7.68. The standard InChI is InChI=1S/C17H23NO3/c1-12(6-9-16(19)20)11-18-17(21)15-8-7-13-4-2-3-5-14(13)10-15/h7-8,10,12H,2-6,9,11H2,1H3,(H,18,21)(H,19,20). The average molecular weight is 289 g/mol. The predicted molar refractivity (Wildman–Crippen MR) is 81.5 cm³/mol. The Balaban J connectivity index is 1.87. The van der Waals surface area contributed by atoms with Gasteiger partial charge in [-0.05, 0) is 61.3 Å². The molecule has 1 aliphatic rings. The highest BCUT2D eigenvalue weighted by atomic mass is 16.4. The monoisotopic (exact) mass is 289 g/mol. The Bertz CT molecular complexity index is 525. The van der Waals surface area contributed by atoms with Gasteiger partial charge in [-0.15, -0.1) is 0 Å². The third-order valence-corrected chi connectivity index (χ3v) is 4.07. The molecule has 1 aliphatic carbocycles. The van der Waals surface area contributed by atoms with Crippen LogP contribution in [-0.4, -0.2) is 23.5 Å². The minimum absolute atomic E-state index is 0.0643. The SMILES string of the molecule is CC(CCC(=O)O)CNC(=O)c1ccc2c(c1)CCCC2. The first-order valence-electron chi connectivity index (χ1n) is 7.68. The highest BCUT2D eigenvalue weighted by molar-refractivity contribution is 5.94. The summed E-state index contributed by atoms with van der Waals surface area (Å²) in [5.74, 6) is -0.684. The van der Waals surface area contributed by atoms with Crippen molar-refractivity contribution in [3.63, 3.8) is 0 Å². The lowest BCUT2D eigenvalue weighted by Gasteiger charge is -2.17. The Morgan fingerprint density at radius 2 is 1.95 bits per heavy atom. The van der Waals surface area contributed by atoms with E-state index >= 15 is 0 Å². The van der Waals surface area contributed by atoms with Crippen LogP contribution in [0.3, 0.4) is 0 Å². The first kappa shape index (κ1) is 15.5. The molecule has 1 aromatic carbocycles. The van der Waals surface area contributed by atoms with E-state index in [2.05, 4.69) is 11.4 Å². The van der Waals surface area contributed by atoms with Gasteiger partial charge >= 0.3 is 5.97 Å². The van der Waals surface area contributed by atoms with Crippen LogP contribution < -0.4 is 5.32 Å². The van der Waals surface area contributed by atoms with Crippen LogP contribution in [0.5, 0.6) is 0 Å². The van der Waals surface area contributed by atoms with Gasteiger partial charge in [0.1, 0.15) is 0 Å². The molecule has 1 amide bonds. The molecule has 1 atom stereocenters. The summed E-state index contributed by atoms with van der Waals surface area (Å²) >= 11 is 0. The van der Waals surface area contributed by atoms with Gasteiger partial charge in [-0.2, -0.15) is 0 Å². The number of aryl methyl sites for hydroxylation is 2. The second kappa shape index (κ2) is 7.25. The van der Waals surface area contributed by atoms with Crippen molar-refractivity contribution in [2.45, 2.75) is 45.4 Å². The zero-order valence-electron chi connectivity index (χ0n) is 12.5. The van der Waals surface area contributed by atoms with E-state index < -0.39 is 5.97 Å². The Kier molecular flexibility index (Phi) is 5.37. The van der Waals surface area contributed by atoms with Crippen LogP contribution in [0, 0.1) is 5.92 Å². The van der Waals surface area contributed by atoms with E-state index in [1.807, 2.05) is 19.1 Å². The highest BCUT2D eigenvalue weighted by Gasteiger charge is 2.13. The molecule has 2 N–H and O–H groups in total. The van der Waals surface area contributed by atoms with Crippen LogP contribution in [0.4, 0.5) is 0 Å². The number of carbonyl (C=O) groups excluding carboxylic acids is 1. The van der Waals surface area contributed by atoms with Crippen molar-refractivity contribution in [3.05, 3.63) is 34.9 Å². The van der Waals surface area contributed by atoms with Crippen molar-refractivity contribution in [1.29, 1.82) is 0 Å². The minimum atomic E-state index is -0.789. The van der Waals surface area contributed by atoms with Gasteiger partial charge in [-0.25, -0.2) is 0 Å². The van der Waals surface area contributed by atoms with Crippen molar-refractivity contribution < 1.29 is 14.7 Å².